The molecule has 0 aliphatic heterocycles. The fourth-order valence-electron chi connectivity index (χ4n) is 2.11. The van der Waals surface area contributed by atoms with Crippen LogP contribution in [0.1, 0.15) is 49.6 Å². The summed E-state index contributed by atoms with van der Waals surface area (Å²) in [5, 5.41) is 5.82. The molecule has 1 atom stereocenters. The lowest BCUT2D eigenvalue weighted by Crippen LogP contribution is -2.21. The third kappa shape index (κ3) is 4.78. The van der Waals surface area contributed by atoms with Crippen LogP contribution in [0.15, 0.2) is 11.4 Å². The molecule has 0 aliphatic rings. The van der Waals surface area contributed by atoms with Gasteiger partial charge >= 0.3 is 0 Å². The van der Waals surface area contributed by atoms with Crippen molar-refractivity contribution in [3.05, 3.63) is 21.9 Å². The summed E-state index contributed by atoms with van der Waals surface area (Å²) in [6.07, 6.45) is 4.74. The van der Waals surface area contributed by atoms with E-state index in [1.54, 1.807) is 7.11 Å². The van der Waals surface area contributed by atoms with E-state index in [1.165, 1.54) is 23.3 Å². The molecule has 0 radical (unpaired) electrons. The quantitative estimate of drug-likeness (QED) is 0.678. The topological polar surface area (TPSA) is 21.3 Å². The zero-order valence-electron chi connectivity index (χ0n) is 11.3. The first kappa shape index (κ1) is 14.7. The summed E-state index contributed by atoms with van der Waals surface area (Å²) in [5.41, 5.74) is 1.51. The zero-order valence-corrected chi connectivity index (χ0v) is 12.1. The maximum absolute atomic E-state index is 5.10. The van der Waals surface area contributed by atoms with Crippen LogP contribution in [0.4, 0.5) is 0 Å². The highest BCUT2D eigenvalue weighted by Gasteiger charge is 2.14. The standard InChI is InChI=1S/C14H25NOS/c1-4-12-9-11-17-14(12)13(15-5-2)8-6-7-10-16-3/h9,11,13,15H,4-8,10H2,1-3H3. The lowest BCUT2D eigenvalue weighted by atomic mass is 10.0. The molecule has 0 spiro atoms. The minimum Gasteiger partial charge on any atom is -0.385 e. The maximum atomic E-state index is 5.10. The van der Waals surface area contributed by atoms with Gasteiger partial charge in [0.1, 0.15) is 0 Å². The van der Waals surface area contributed by atoms with E-state index in [9.17, 15) is 0 Å². The number of thiophene rings is 1. The van der Waals surface area contributed by atoms with Gasteiger partial charge in [-0.3, -0.25) is 0 Å². The van der Waals surface area contributed by atoms with Gasteiger partial charge in [0.2, 0.25) is 0 Å². The Morgan fingerprint density at radius 2 is 2.18 bits per heavy atom. The van der Waals surface area contributed by atoms with E-state index >= 15 is 0 Å². The third-order valence-electron chi connectivity index (χ3n) is 3.02. The van der Waals surface area contributed by atoms with Crippen molar-refractivity contribution in [2.45, 2.75) is 45.6 Å². The Hall–Kier alpha value is -0.380. The second-order valence-electron chi connectivity index (χ2n) is 4.26. The molecule has 1 N–H and O–H groups in total. The molecule has 1 unspecified atom stereocenters. The number of methoxy groups -OCH3 is 1. The molecule has 0 fully saturated rings. The molecular formula is C14H25NOS. The van der Waals surface area contributed by atoms with Gasteiger partial charge in [-0.2, -0.15) is 0 Å². The van der Waals surface area contributed by atoms with Crippen molar-refractivity contribution in [3.63, 3.8) is 0 Å². The number of aryl methyl sites for hydroxylation is 1. The minimum atomic E-state index is 0.534. The van der Waals surface area contributed by atoms with Crippen LogP contribution in [0.2, 0.25) is 0 Å². The van der Waals surface area contributed by atoms with Crippen molar-refractivity contribution < 1.29 is 4.74 Å². The summed E-state index contributed by atoms with van der Waals surface area (Å²) in [5.74, 6) is 0. The Labute approximate surface area is 109 Å². The molecule has 0 aromatic carbocycles. The van der Waals surface area contributed by atoms with Crippen LogP contribution < -0.4 is 5.32 Å². The van der Waals surface area contributed by atoms with Crippen LogP contribution in [0.25, 0.3) is 0 Å². The number of ether oxygens (including phenoxy) is 1. The lowest BCUT2D eigenvalue weighted by Gasteiger charge is -2.18. The van der Waals surface area contributed by atoms with Crippen molar-refractivity contribution in [3.8, 4) is 0 Å². The molecule has 2 nitrogen and oxygen atoms in total. The molecule has 1 rings (SSSR count). The van der Waals surface area contributed by atoms with Crippen molar-refractivity contribution in [2.75, 3.05) is 20.3 Å². The number of nitrogens with one attached hydrogen (secondary N) is 1. The van der Waals surface area contributed by atoms with E-state index < -0.39 is 0 Å². The number of rotatable bonds is 9. The van der Waals surface area contributed by atoms with Crippen molar-refractivity contribution >= 4 is 11.3 Å². The number of hydrogen-bond donors (Lipinski definition) is 1. The Balaban J connectivity index is 2.52. The van der Waals surface area contributed by atoms with Crippen LogP contribution in [-0.2, 0) is 11.2 Å². The summed E-state index contributed by atoms with van der Waals surface area (Å²) >= 11 is 1.89. The highest BCUT2D eigenvalue weighted by atomic mass is 32.1. The van der Waals surface area contributed by atoms with Gasteiger partial charge in [-0.15, -0.1) is 11.3 Å². The molecule has 17 heavy (non-hydrogen) atoms. The number of hydrogen-bond acceptors (Lipinski definition) is 3. The SMILES string of the molecule is CCNC(CCCCOC)c1sccc1CC. The van der Waals surface area contributed by atoms with E-state index in [0.29, 0.717) is 6.04 Å². The molecule has 98 valence electrons. The van der Waals surface area contributed by atoms with Crippen LogP contribution >= 0.6 is 11.3 Å². The molecule has 0 saturated heterocycles. The van der Waals surface area contributed by atoms with Gasteiger partial charge in [0.05, 0.1) is 0 Å². The first-order chi connectivity index (χ1) is 8.33. The highest BCUT2D eigenvalue weighted by Crippen LogP contribution is 2.28. The van der Waals surface area contributed by atoms with Crippen LogP contribution in [0.5, 0.6) is 0 Å². The van der Waals surface area contributed by atoms with Crippen LogP contribution in [-0.4, -0.2) is 20.3 Å². The van der Waals surface area contributed by atoms with Gasteiger partial charge in [0.25, 0.3) is 0 Å². The average molecular weight is 255 g/mol. The fourth-order valence-corrected chi connectivity index (χ4v) is 3.22. The van der Waals surface area contributed by atoms with Gasteiger partial charge in [-0.25, -0.2) is 0 Å². The first-order valence-electron chi connectivity index (χ1n) is 6.62. The van der Waals surface area contributed by atoms with Crippen molar-refractivity contribution in [2.24, 2.45) is 0 Å². The van der Waals surface area contributed by atoms with E-state index in [1.807, 2.05) is 11.3 Å². The molecule has 1 aromatic rings. The first-order valence-corrected chi connectivity index (χ1v) is 7.50. The Morgan fingerprint density at radius 3 is 2.82 bits per heavy atom. The Kier molecular flexibility index (Phi) is 7.49. The smallest absolute Gasteiger partial charge is 0.0462 e. The second kappa shape index (κ2) is 8.67. The predicted molar refractivity (Wildman–Crippen MR) is 75.8 cm³/mol. The van der Waals surface area contributed by atoms with Crippen molar-refractivity contribution in [1.29, 1.82) is 0 Å². The lowest BCUT2D eigenvalue weighted by molar-refractivity contribution is 0.191. The zero-order chi connectivity index (χ0) is 12.5. The van der Waals surface area contributed by atoms with Gasteiger partial charge in [-0.1, -0.05) is 13.8 Å². The summed E-state index contributed by atoms with van der Waals surface area (Å²) in [4.78, 5) is 1.53. The van der Waals surface area contributed by atoms with Gasteiger partial charge in [0, 0.05) is 24.6 Å². The molecule has 1 aromatic heterocycles. The van der Waals surface area contributed by atoms with E-state index in [-0.39, 0.29) is 0 Å². The van der Waals surface area contributed by atoms with Gasteiger partial charge in [-0.05, 0) is 49.2 Å². The normalized spacial score (nSPS) is 12.9. The van der Waals surface area contributed by atoms with E-state index in [4.69, 9.17) is 4.74 Å². The summed E-state index contributed by atoms with van der Waals surface area (Å²) < 4.78 is 5.10. The third-order valence-corrected chi connectivity index (χ3v) is 4.09. The summed E-state index contributed by atoms with van der Waals surface area (Å²) in [6, 6.07) is 2.80. The molecule has 0 amide bonds. The number of unbranched alkanes of at least 4 members (excludes halogenated alkanes) is 1. The second-order valence-corrected chi connectivity index (χ2v) is 5.21. The predicted octanol–water partition coefficient (Wildman–Crippen LogP) is 3.78. The molecule has 0 bridgehead atoms. The largest absolute Gasteiger partial charge is 0.385 e. The maximum Gasteiger partial charge on any atom is 0.0462 e. The molecule has 3 heteroatoms. The van der Waals surface area contributed by atoms with Gasteiger partial charge < -0.3 is 10.1 Å². The summed E-state index contributed by atoms with van der Waals surface area (Å²) in [6.45, 7) is 6.33. The van der Waals surface area contributed by atoms with E-state index in [2.05, 4.69) is 30.6 Å². The minimum absolute atomic E-state index is 0.534. The van der Waals surface area contributed by atoms with Crippen LogP contribution in [0.3, 0.4) is 0 Å². The molecule has 0 saturated carbocycles. The highest BCUT2D eigenvalue weighted by molar-refractivity contribution is 7.10. The monoisotopic (exact) mass is 255 g/mol. The fraction of sp³-hybridized carbons (Fsp3) is 0.714. The van der Waals surface area contributed by atoms with Gasteiger partial charge in [0.15, 0.2) is 0 Å². The average Bonchev–Trinajstić information content (AvgIpc) is 2.81. The molecule has 0 aliphatic carbocycles. The molecule has 1 heterocycles. The summed E-state index contributed by atoms with van der Waals surface area (Å²) in [7, 11) is 1.77. The Bertz CT molecular complexity index is 298. The Morgan fingerprint density at radius 1 is 1.35 bits per heavy atom. The van der Waals surface area contributed by atoms with E-state index in [0.717, 1.165) is 26.0 Å². The molecular weight excluding hydrogens is 230 g/mol. The van der Waals surface area contributed by atoms with Crippen LogP contribution in [0, 0.1) is 0 Å². The van der Waals surface area contributed by atoms with Crippen molar-refractivity contribution in [1.82, 2.24) is 5.32 Å².